The van der Waals surface area contributed by atoms with E-state index in [4.69, 9.17) is 0 Å². The fourth-order valence-electron chi connectivity index (χ4n) is 2.84. The maximum absolute atomic E-state index is 9.96. The molecule has 1 atom stereocenters. The van der Waals surface area contributed by atoms with Gasteiger partial charge in [0, 0.05) is 30.0 Å². The number of nitrogens with zero attached hydrogens (tertiary/aromatic N) is 2. The van der Waals surface area contributed by atoms with Crippen LogP contribution in [0.4, 0.5) is 0 Å². The highest BCUT2D eigenvalue weighted by Gasteiger charge is 2.20. The van der Waals surface area contributed by atoms with Gasteiger partial charge in [-0.15, -0.1) is 0 Å². The summed E-state index contributed by atoms with van der Waals surface area (Å²) in [6.07, 6.45) is 7.57. The average Bonchev–Trinajstić information content (AvgIpc) is 2.79. The zero-order valence-electron chi connectivity index (χ0n) is 12.6. The zero-order valence-corrected chi connectivity index (χ0v) is 12.6. The van der Waals surface area contributed by atoms with Gasteiger partial charge in [0.2, 0.25) is 0 Å². The van der Waals surface area contributed by atoms with Crippen LogP contribution in [0.3, 0.4) is 0 Å². The molecule has 1 aromatic heterocycles. The fourth-order valence-corrected chi connectivity index (χ4v) is 2.84. The van der Waals surface area contributed by atoms with Gasteiger partial charge in [0.1, 0.15) is 0 Å². The molecule has 1 unspecified atom stereocenters. The number of fused-ring (bicyclic) bond motifs is 1. The summed E-state index contributed by atoms with van der Waals surface area (Å²) >= 11 is 0. The molecule has 0 saturated carbocycles. The Bertz CT molecular complexity index is 397. The van der Waals surface area contributed by atoms with Crippen LogP contribution in [0.25, 0.3) is 0 Å². The van der Waals surface area contributed by atoms with Crippen molar-refractivity contribution >= 4 is 0 Å². The normalized spacial score (nSPS) is 19.2. The quantitative estimate of drug-likeness (QED) is 0.800. The minimum Gasteiger partial charge on any atom is -0.388 e. The van der Waals surface area contributed by atoms with Crippen LogP contribution in [0.1, 0.15) is 56.9 Å². The molecule has 2 rings (SSSR count). The first-order valence-corrected chi connectivity index (χ1v) is 7.66. The molecule has 3 heteroatoms. The number of hydrogen-bond donors (Lipinski definition) is 1. The van der Waals surface area contributed by atoms with Crippen LogP contribution >= 0.6 is 0 Å². The zero-order chi connectivity index (χ0) is 13.8. The maximum atomic E-state index is 9.96. The molecular weight excluding hydrogens is 236 g/mol. The van der Waals surface area contributed by atoms with Crippen molar-refractivity contribution in [2.24, 2.45) is 0 Å². The number of aromatic nitrogens is 1. The van der Waals surface area contributed by atoms with Gasteiger partial charge in [-0.05, 0) is 65.6 Å². The molecule has 0 spiro atoms. The largest absolute Gasteiger partial charge is 0.388 e. The van der Waals surface area contributed by atoms with E-state index in [2.05, 4.69) is 42.6 Å². The van der Waals surface area contributed by atoms with E-state index in [1.807, 2.05) is 0 Å². The summed E-state index contributed by atoms with van der Waals surface area (Å²) in [5.74, 6) is 0. The van der Waals surface area contributed by atoms with Gasteiger partial charge in [-0.3, -0.25) is 0 Å². The van der Waals surface area contributed by atoms with E-state index in [1.165, 1.54) is 30.6 Å². The molecule has 0 saturated heterocycles. The van der Waals surface area contributed by atoms with Crippen molar-refractivity contribution in [2.75, 3.05) is 13.6 Å². The van der Waals surface area contributed by atoms with Gasteiger partial charge in [0.05, 0.1) is 6.10 Å². The number of unbranched alkanes of at least 4 members (excludes halogenated alkanes) is 1. The predicted molar refractivity (Wildman–Crippen MR) is 79.3 cm³/mol. The second-order valence-corrected chi connectivity index (χ2v) is 6.10. The minimum atomic E-state index is -0.225. The molecule has 0 fully saturated rings. The third kappa shape index (κ3) is 3.61. The number of aryl methyl sites for hydroxylation is 1. The molecule has 1 aliphatic rings. The van der Waals surface area contributed by atoms with E-state index < -0.39 is 0 Å². The van der Waals surface area contributed by atoms with Crippen molar-refractivity contribution in [3.05, 3.63) is 23.5 Å². The summed E-state index contributed by atoms with van der Waals surface area (Å²) in [5.41, 5.74) is 2.54. The molecular formula is C16H28N2O. The minimum absolute atomic E-state index is 0.225. The van der Waals surface area contributed by atoms with Gasteiger partial charge in [-0.1, -0.05) is 0 Å². The summed E-state index contributed by atoms with van der Waals surface area (Å²) in [7, 11) is 2.19. The Morgan fingerprint density at radius 1 is 1.42 bits per heavy atom. The van der Waals surface area contributed by atoms with Gasteiger partial charge in [-0.25, -0.2) is 0 Å². The topological polar surface area (TPSA) is 28.4 Å². The monoisotopic (exact) mass is 264 g/mol. The smallest absolute Gasteiger partial charge is 0.0807 e. The van der Waals surface area contributed by atoms with Gasteiger partial charge < -0.3 is 14.6 Å². The Labute approximate surface area is 117 Å². The van der Waals surface area contributed by atoms with Crippen LogP contribution in [-0.2, 0) is 13.0 Å². The number of hydrogen-bond acceptors (Lipinski definition) is 2. The lowest BCUT2D eigenvalue weighted by Crippen LogP contribution is -2.27. The van der Waals surface area contributed by atoms with E-state index in [1.54, 1.807) is 0 Å². The SMILES string of the molecule is CC(C)N(C)CCCCn1ccc2c1CCCC2O. The van der Waals surface area contributed by atoms with Crippen molar-refractivity contribution < 1.29 is 5.11 Å². The molecule has 108 valence electrons. The molecule has 1 aromatic rings. The van der Waals surface area contributed by atoms with Crippen molar-refractivity contribution in [1.29, 1.82) is 0 Å². The van der Waals surface area contributed by atoms with Gasteiger partial charge >= 0.3 is 0 Å². The molecule has 1 heterocycles. The second kappa shape index (κ2) is 6.58. The molecule has 3 nitrogen and oxygen atoms in total. The summed E-state index contributed by atoms with van der Waals surface area (Å²) in [6.45, 7) is 6.74. The summed E-state index contributed by atoms with van der Waals surface area (Å²) in [4.78, 5) is 2.40. The Morgan fingerprint density at radius 3 is 2.95 bits per heavy atom. The van der Waals surface area contributed by atoms with Crippen LogP contribution in [0.5, 0.6) is 0 Å². The van der Waals surface area contributed by atoms with E-state index >= 15 is 0 Å². The maximum Gasteiger partial charge on any atom is 0.0807 e. The second-order valence-electron chi connectivity index (χ2n) is 6.10. The third-order valence-electron chi connectivity index (χ3n) is 4.41. The van der Waals surface area contributed by atoms with E-state index in [0.717, 1.165) is 25.8 Å². The average molecular weight is 264 g/mol. The lowest BCUT2D eigenvalue weighted by atomic mass is 9.95. The lowest BCUT2D eigenvalue weighted by molar-refractivity contribution is 0.155. The Morgan fingerprint density at radius 2 is 2.21 bits per heavy atom. The molecule has 0 bridgehead atoms. The number of aliphatic hydroxyl groups is 1. The molecule has 0 radical (unpaired) electrons. The number of aliphatic hydroxyl groups excluding tert-OH is 1. The van der Waals surface area contributed by atoms with Crippen molar-refractivity contribution in [3.8, 4) is 0 Å². The summed E-state index contributed by atoms with van der Waals surface area (Å²) in [5, 5.41) is 9.96. The first kappa shape index (κ1) is 14.6. The molecule has 0 amide bonds. The first-order chi connectivity index (χ1) is 9.09. The molecule has 1 N–H and O–H groups in total. The Hall–Kier alpha value is -0.800. The predicted octanol–water partition coefficient (Wildman–Crippen LogP) is 2.98. The van der Waals surface area contributed by atoms with Crippen molar-refractivity contribution in [3.63, 3.8) is 0 Å². The molecule has 0 aliphatic heterocycles. The van der Waals surface area contributed by atoms with E-state index in [-0.39, 0.29) is 6.10 Å². The molecule has 0 aromatic carbocycles. The highest BCUT2D eigenvalue weighted by Crippen LogP contribution is 2.30. The van der Waals surface area contributed by atoms with Crippen molar-refractivity contribution in [1.82, 2.24) is 9.47 Å². The van der Waals surface area contributed by atoms with Crippen molar-refractivity contribution in [2.45, 2.75) is 64.6 Å². The standard InChI is InChI=1S/C16H28N2O/c1-13(2)17(3)10-4-5-11-18-12-9-14-15(18)7-6-8-16(14)19/h9,12-13,16,19H,4-8,10-11H2,1-3H3. The highest BCUT2D eigenvalue weighted by atomic mass is 16.3. The molecule has 1 aliphatic carbocycles. The van der Waals surface area contributed by atoms with Gasteiger partial charge in [-0.2, -0.15) is 0 Å². The van der Waals surface area contributed by atoms with Crippen LogP contribution in [0, 0.1) is 0 Å². The summed E-state index contributed by atoms with van der Waals surface area (Å²) < 4.78 is 2.35. The van der Waals surface area contributed by atoms with Crippen LogP contribution in [0.2, 0.25) is 0 Å². The van der Waals surface area contributed by atoms with Gasteiger partial charge in [0.25, 0.3) is 0 Å². The first-order valence-electron chi connectivity index (χ1n) is 7.66. The third-order valence-corrected chi connectivity index (χ3v) is 4.41. The van der Waals surface area contributed by atoms with E-state index in [0.29, 0.717) is 6.04 Å². The molecule has 19 heavy (non-hydrogen) atoms. The lowest BCUT2D eigenvalue weighted by Gasteiger charge is -2.22. The number of rotatable bonds is 6. The highest BCUT2D eigenvalue weighted by molar-refractivity contribution is 5.27. The fraction of sp³-hybridized carbons (Fsp3) is 0.750. The summed E-state index contributed by atoms with van der Waals surface area (Å²) in [6, 6.07) is 2.74. The Balaban J connectivity index is 1.81. The van der Waals surface area contributed by atoms with Crippen LogP contribution in [0.15, 0.2) is 12.3 Å². The van der Waals surface area contributed by atoms with Crippen LogP contribution < -0.4 is 0 Å². The Kier molecular flexibility index (Phi) is 5.06. The van der Waals surface area contributed by atoms with Crippen LogP contribution in [-0.4, -0.2) is 34.2 Å². The van der Waals surface area contributed by atoms with Gasteiger partial charge in [0.15, 0.2) is 0 Å². The van der Waals surface area contributed by atoms with E-state index in [9.17, 15) is 5.11 Å².